The van der Waals surface area contributed by atoms with Gasteiger partial charge in [-0.2, -0.15) is 0 Å². The molecule has 0 amide bonds. The minimum Gasteiger partial charge on any atom is -0.372 e. The quantitative estimate of drug-likeness (QED) is 0.920. The largest absolute Gasteiger partial charge is 0.372 e. The maximum absolute atomic E-state index is 5.95. The van der Waals surface area contributed by atoms with Gasteiger partial charge in [-0.3, -0.25) is 0 Å². The maximum atomic E-state index is 5.95. The highest BCUT2D eigenvalue weighted by Crippen LogP contribution is 2.20. The first-order chi connectivity index (χ1) is 9.92. The highest BCUT2D eigenvalue weighted by Gasteiger charge is 2.12. The van der Waals surface area contributed by atoms with Crippen LogP contribution in [0.15, 0.2) is 54.6 Å². The highest BCUT2D eigenvalue weighted by molar-refractivity contribution is 5.85. The fourth-order valence-electron chi connectivity index (χ4n) is 2.60. The van der Waals surface area contributed by atoms with Crippen LogP contribution in [0.25, 0.3) is 11.1 Å². The van der Waals surface area contributed by atoms with Gasteiger partial charge in [-0.05, 0) is 36.1 Å². The summed E-state index contributed by atoms with van der Waals surface area (Å²) >= 11 is 0. The van der Waals surface area contributed by atoms with Gasteiger partial charge in [-0.15, -0.1) is 12.4 Å². The third kappa shape index (κ3) is 4.57. The van der Waals surface area contributed by atoms with E-state index in [9.17, 15) is 0 Å². The average molecular weight is 304 g/mol. The molecule has 112 valence electrons. The van der Waals surface area contributed by atoms with Crippen molar-refractivity contribution in [2.45, 2.75) is 25.6 Å². The Bertz CT molecular complexity index is 521. The lowest BCUT2D eigenvalue weighted by Crippen LogP contribution is -2.35. The number of ether oxygens (including phenoxy) is 1. The lowest BCUT2D eigenvalue weighted by atomic mass is 10.0. The van der Waals surface area contributed by atoms with Crippen LogP contribution in [0.5, 0.6) is 0 Å². The zero-order valence-corrected chi connectivity index (χ0v) is 12.9. The van der Waals surface area contributed by atoms with Gasteiger partial charge in [0.25, 0.3) is 0 Å². The van der Waals surface area contributed by atoms with Crippen LogP contribution in [0, 0.1) is 0 Å². The molecule has 0 saturated carbocycles. The molecule has 1 fully saturated rings. The molecule has 1 unspecified atom stereocenters. The van der Waals surface area contributed by atoms with E-state index in [1.165, 1.54) is 29.5 Å². The molecule has 3 rings (SSSR count). The number of nitrogens with one attached hydrogen (secondary N) is 1. The van der Waals surface area contributed by atoms with Crippen molar-refractivity contribution >= 4 is 12.4 Å². The molecule has 0 bridgehead atoms. The first-order valence-electron chi connectivity index (χ1n) is 7.38. The maximum Gasteiger partial charge on any atom is 0.0721 e. The van der Waals surface area contributed by atoms with Crippen molar-refractivity contribution in [2.75, 3.05) is 13.1 Å². The van der Waals surface area contributed by atoms with E-state index in [4.69, 9.17) is 4.74 Å². The fraction of sp³-hybridized carbons (Fsp3) is 0.333. The standard InChI is InChI=1S/C18H21NO.ClH/c1-2-5-16(6-3-1)17-10-8-15(9-11-17)14-20-18-7-4-12-19-13-18;/h1-3,5-6,8-11,18-19H,4,7,12-14H2;1H. The molecule has 0 aliphatic carbocycles. The van der Waals surface area contributed by atoms with Crippen LogP contribution in [-0.2, 0) is 11.3 Å². The van der Waals surface area contributed by atoms with Gasteiger partial charge in [0.15, 0.2) is 0 Å². The molecular weight excluding hydrogens is 282 g/mol. The number of rotatable bonds is 4. The molecule has 2 nitrogen and oxygen atoms in total. The van der Waals surface area contributed by atoms with Gasteiger partial charge < -0.3 is 10.1 Å². The van der Waals surface area contributed by atoms with Gasteiger partial charge in [0.1, 0.15) is 0 Å². The van der Waals surface area contributed by atoms with Crippen molar-refractivity contribution in [3.63, 3.8) is 0 Å². The average Bonchev–Trinajstić information content (AvgIpc) is 2.55. The van der Waals surface area contributed by atoms with Gasteiger partial charge in [-0.25, -0.2) is 0 Å². The van der Waals surface area contributed by atoms with Crippen LogP contribution in [-0.4, -0.2) is 19.2 Å². The number of halogens is 1. The van der Waals surface area contributed by atoms with E-state index in [0.717, 1.165) is 13.1 Å². The Labute approximate surface area is 132 Å². The Morgan fingerprint density at radius 3 is 2.33 bits per heavy atom. The second kappa shape index (κ2) is 8.18. The molecule has 2 aromatic rings. The molecule has 1 atom stereocenters. The van der Waals surface area contributed by atoms with E-state index in [-0.39, 0.29) is 12.4 Å². The first kappa shape index (κ1) is 16.0. The number of benzene rings is 2. The fourth-order valence-corrected chi connectivity index (χ4v) is 2.60. The summed E-state index contributed by atoms with van der Waals surface area (Å²) in [6, 6.07) is 19.1. The summed E-state index contributed by atoms with van der Waals surface area (Å²) in [5.74, 6) is 0. The minimum atomic E-state index is 0. The van der Waals surface area contributed by atoms with Crippen LogP contribution < -0.4 is 5.32 Å². The molecular formula is C18H22ClNO. The SMILES string of the molecule is Cl.c1ccc(-c2ccc(COC3CCCNC3)cc2)cc1. The zero-order valence-electron chi connectivity index (χ0n) is 12.1. The molecule has 0 spiro atoms. The van der Waals surface area contributed by atoms with Crippen molar-refractivity contribution < 1.29 is 4.74 Å². The molecule has 2 aromatic carbocycles. The summed E-state index contributed by atoms with van der Waals surface area (Å²) < 4.78 is 5.95. The van der Waals surface area contributed by atoms with Crippen LogP contribution in [0.1, 0.15) is 18.4 Å². The minimum absolute atomic E-state index is 0. The van der Waals surface area contributed by atoms with Crippen LogP contribution in [0.4, 0.5) is 0 Å². The van der Waals surface area contributed by atoms with Gasteiger partial charge in [-0.1, -0.05) is 54.6 Å². The van der Waals surface area contributed by atoms with E-state index in [0.29, 0.717) is 12.7 Å². The van der Waals surface area contributed by atoms with Gasteiger partial charge in [0, 0.05) is 6.54 Å². The monoisotopic (exact) mass is 303 g/mol. The molecule has 0 aromatic heterocycles. The Balaban J connectivity index is 0.00000161. The van der Waals surface area contributed by atoms with E-state index in [1.807, 2.05) is 6.07 Å². The summed E-state index contributed by atoms with van der Waals surface area (Å²) in [6.07, 6.45) is 2.77. The van der Waals surface area contributed by atoms with Crippen molar-refractivity contribution in [3.8, 4) is 11.1 Å². The molecule has 1 N–H and O–H groups in total. The lowest BCUT2D eigenvalue weighted by Gasteiger charge is -2.23. The molecule has 1 heterocycles. The van der Waals surface area contributed by atoms with Crippen LogP contribution >= 0.6 is 12.4 Å². The summed E-state index contributed by atoms with van der Waals surface area (Å²) in [6.45, 7) is 2.83. The van der Waals surface area contributed by atoms with Crippen LogP contribution in [0.3, 0.4) is 0 Å². The summed E-state index contributed by atoms with van der Waals surface area (Å²) in [5.41, 5.74) is 3.76. The lowest BCUT2D eigenvalue weighted by molar-refractivity contribution is 0.0253. The van der Waals surface area contributed by atoms with Crippen molar-refractivity contribution in [1.29, 1.82) is 0 Å². The van der Waals surface area contributed by atoms with Gasteiger partial charge in [0.2, 0.25) is 0 Å². The van der Waals surface area contributed by atoms with Crippen LogP contribution in [0.2, 0.25) is 0 Å². The number of hydrogen-bond donors (Lipinski definition) is 1. The highest BCUT2D eigenvalue weighted by atomic mass is 35.5. The third-order valence-electron chi connectivity index (χ3n) is 3.80. The Morgan fingerprint density at radius 1 is 0.952 bits per heavy atom. The van der Waals surface area contributed by atoms with E-state index in [2.05, 4.69) is 53.8 Å². The van der Waals surface area contributed by atoms with E-state index >= 15 is 0 Å². The first-order valence-corrected chi connectivity index (χ1v) is 7.38. The Hall–Kier alpha value is -1.35. The second-order valence-corrected chi connectivity index (χ2v) is 5.34. The Kier molecular flexibility index (Phi) is 6.24. The zero-order chi connectivity index (χ0) is 13.6. The van der Waals surface area contributed by atoms with Crippen molar-refractivity contribution in [3.05, 3.63) is 60.2 Å². The molecule has 0 radical (unpaired) electrons. The van der Waals surface area contributed by atoms with Gasteiger partial charge >= 0.3 is 0 Å². The van der Waals surface area contributed by atoms with Crippen molar-refractivity contribution in [1.82, 2.24) is 5.32 Å². The molecule has 1 aliphatic rings. The van der Waals surface area contributed by atoms with Gasteiger partial charge in [0.05, 0.1) is 12.7 Å². The predicted molar refractivity (Wildman–Crippen MR) is 89.8 cm³/mol. The molecule has 1 saturated heterocycles. The van der Waals surface area contributed by atoms with Crippen molar-refractivity contribution in [2.24, 2.45) is 0 Å². The molecule has 3 heteroatoms. The topological polar surface area (TPSA) is 21.3 Å². The normalized spacial score (nSPS) is 18.0. The molecule has 1 aliphatic heterocycles. The summed E-state index contributed by atoms with van der Waals surface area (Å²) in [7, 11) is 0. The van der Waals surface area contributed by atoms with E-state index in [1.54, 1.807) is 0 Å². The van der Waals surface area contributed by atoms with E-state index < -0.39 is 0 Å². The third-order valence-corrected chi connectivity index (χ3v) is 3.80. The Morgan fingerprint density at radius 2 is 1.67 bits per heavy atom. The number of hydrogen-bond acceptors (Lipinski definition) is 2. The second-order valence-electron chi connectivity index (χ2n) is 5.34. The smallest absolute Gasteiger partial charge is 0.0721 e. The summed E-state index contributed by atoms with van der Waals surface area (Å²) in [5, 5.41) is 3.38. The predicted octanol–water partition coefficient (Wildman–Crippen LogP) is 4.04. The summed E-state index contributed by atoms with van der Waals surface area (Å²) in [4.78, 5) is 0. The molecule has 21 heavy (non-hydrogen) atoms. The number of piperidine rings is 1.